The van der Waals surface area contributed by atoms with Crippen LogP contribution in [0.15, 0.2) is 22.9 Å². The summed E-state index contributed by atoms with van der Waals surface area (Å²) in [5, 5.41) is 7.60. The van der Waals surface area contributed by atoms with Gasteiger partial charge in [-0.1, -0.05) is 6.92 Å². The molecule has 0 radical (unpaired) electrons. The van der Waals surface area contributed by atoms with E-state index < -0.39 is 0 Å². The summed E-state index contributed by atoms with van der Waals surface area (Å²) in [4.78, 5) is 0. The Bertz CT molecular complexity index is 558. The summed E-state index contributed by atoms with van der Waals surface area (Å²) in [5.74, 6) is 2.66. The Balaban J connectivity index is 1.90. The second kappa shape index (κ2) is 7.31. The van der Waals surface area contributed by atoms with Gasteiger partial charge in [-0.05, 0) is 39.8 Å². The molecule has 0 spiro atoms. The van der Waals surface area contributed by atoms with Crippen LogP contribution in [0.3, 0.4) is 0 Å². The number of nitrogens with zero attached hydrogens (tertiary/aromatic N) is 2. The highest BCUT2D eigenvalue weighted by atomic mass is 16.5. The van der Waals surface area contributed by atoms with E-state index in [1.54, 1.807) is 6.20 Å². The average molecular weight is 291 g/mol. The molecule has 116 valence electrons. The van der Waals surface area contributed by atoms with E-state index in [2.05, 4.69) is 37.3 Å². The molecule has 0 aliphatic rings. The maximum absolute atomic E-state index is 5.78. The largest absolute Gasteiger partial charge is 0.485 e. The van der Waals surface area contributed by atoms with Crippen LogP contribution in [0.4, 0.5) is 0 Å². The molecule has 2 aromatic heterocycles. The normalized spacial score (nSPS) is 11.3. The number of aryl methyl sites for hydroxylation is 1. The molecule has 0 fully saturated rings. The van der Waals surface area contributed by atoms with E-state index >= 15 is 0 Å². The summed E-state index contributed by atoms with van der Waals surface area (Å²) in [7, 11) is 0. The summed E-state index contributed by atoms with van der Waals surface area (Å²) in [6.07, 6.45) is 4.79. The van der Waals surface area contributed by atoms with Gasteiger partial charge in [-0.3, -0.25) is 4.68 Å². The highest BCUT2D eigenvalue weighted by Gasteiger charge is 2.09. The van der Waals surface area contributed by atoms with Crippen LogP contribution >= 0.6 is 0 Å². The van der Waals surface area contributed by atoms with E-state index in [4.69, 9.17) is 9.15 Å². The SMILES string of the molecule is CCCNCc1cc(COc2cnn(C(C)C)c2)c(C)o1. The fourth-order valence-electron chi connectivity index (χ4n) is 2.05. The van der Waals surface area contributed by atoms with Gasteiger partial charge in [-0.25, -0.2) is 0 Å². The number of aromatic nitrogens is 2. The van der Waals surface area contributed by atoms with Gasteiger partial charge in [0.2, 0.25) is 0 Å². The van der Waals surface area contributed by atoms with Gasteiger partial charge in [-0.2, -0.15) is 5.10 Å². The van der Waals surface area contributed by atoms with Crippen molar-refractivity contribution in [3.8, 4) is 5.75 Å². The second-order valence-corrected chi connectivity index (χ2v) is 5.51. The van der Waals surface area contributed by atoms with Crippen molar-refractivity contribution in [2.24, 2.45) is 0 Å². The Labute approximate surface area is 126 Å². The van der Waals surface area contributed by atoms with Crippen molar-refractivity contribution >= 4 is 0 Å². The topological polar surface area (TPSA) is 52.2 Å². The van der Waals surface area contributed by atoms with Crippen molar-refractivity contribution < 1.29 is 9.15 Å². The molecule has 2 heterocycles. The quantitative estimate of drug-likeness (QED) is 0.757. The number of hydrogen-bond donors (Lipinski definition) is 1. The standard InChI is InChI=1S/C16H25N3O2/c1-5-6-17-8-15-7-14(13(4)21-15)11-20-16-9-18-19(10-16)12(2)3/h7,9-10,12,17H,5-6,8,11H2,1-4H3. The molecular weight excluding hydrogens is 266 g/mol. The molecule has 0 saturated carbocycles. The highest BCUT2D eigenvalue weighted by molar-refractivity contribution is 5.21. The van der Waals surface area contributed by atoms with Gasteiger partial charge in [-0.15, -0.1) is 0 Å². The Morgan fingerprint density at radius 3 is 2.90 bits per heavy atom. The van der Waals surface area contributed by atoms with Gasteiger partial charge in [0.25, 0.3) is 0 Å². The van der Waals surface area contributed by atoms with Gasteiger partial charge >= 0.3 is 0 Å². The zero-order valence-corrected chi connectivity index (χ0v) is 13.3. The lowest BCUT2D eigenvalue weighted by molar-refractivity contribution is 0.302. The van der Waals surface area contributed by atoms with Crippen LogP contribution in [0.5, 0.6) is 5.75 Å². The highest BCUT2D eigenvalue weighted by Crippen LogP contribution is 2.18. The van der Waals surface area contributed by atoms with E-state index in [1.807, 2.05) is 17.8 Å². The summed E-state index contributed by atoms with van der Waals surface area (Å²) < 4.78 is 13.4. The first kappa shape index (κ1) is 15.6. The zero-order chi connectivity index (χ0) is 15.2. The van der Waals surface area contributed by atoms with Gasteiger partial charge in [0.05, 0.1) is 18.9 Å². The molecule has 0 bridgehead atoms. The molecule has 0 saturated heterocycles. The summed E-state index contributed by atoms with van der Waals surface area (Å²) >= 11 is 0. The maximum atomic E-state index is 5.78. The van der Waals surface area contributed by atoms with Crippen LogP contribution in [0.25, 0.3) is 0 Å². The minimum atomic E-state index is 0.342. The molecule has 2 rings (SSSR count). The van der Waals surface area contributed by atoms with Crippen LogP contribution < -0.4 is 10.1 Å². The molecule has 0 amide bonds. The van der Waals surface area contributed by atoms with Crippen molar-refractivity contribution in [1.29, 1.82) is 0 Å². The lowest BCUT2D eigenvalue weighted by Crippen LogP contribution is -2.13. The maximum Gasteiger partial charge on any atom is 0.157 e. The number of ether oxygens (including phenoxy) is 1. The number of nitrogens with one attached hydrogen (secondary N) is 1. The van der Waals surface area contributed by atoms with E-state index in [-0.39, 0.29) is 0 Å². The summed E-state index contributed by atoms with van der Waals surface area (Å²) in [6.45, 7) is 10.6. The first-order valence-electron chi connectivity index (χ1n) is 7.56. The Morgan fingerprint density at radius 2 is 2.24 bits per heavy atom. The molecule has 0 aliphatic carbocycles. The van der Waals surface area contributed by atoms with Gasteiger partial charge in [0, 0.05) is 11.6 Å². The van der Waals surface area contributed by atoms with Crippen LogP contribution in [-0.2, 0) is 13.2 Å². The summed E-state index contributed by atoms with van der Waals surface area (Å²) in [6, 6.07) is 2.40. The molecule has 5 nitrogen and oxygen atoms in total. The fraction of sp³-hybridized carbons (Fsp3) is 0.562. The molecule has 5 heteroatoms. The molecular formula is C16H25N3O2. The van der Waals surface area contributed by atoms with Crippen molar-refractivity contribution in [2.45, 2.75) is 53.3 Å². The fourth-order valence-corrected chi connectivity index (χ4v) is 2.05. The smallest absolute Gasteiger partial charge is 0.157 e. The van der Waals surface area contributed by atoms with E-state index in [9.17, 15) is 0 Å². The predicted octanol–water partition coefficient (Wildman–Crippen LogP) is 3.44. The molecule has 0 atom stereocenters. The molecule has 0 aliphatic heterocycles. The number of hydrogen-bond acceptors (Lipinski definition) is 4. The molecule has 2 aromatic rings. The van der Waals surface area contributed by atoms with Crippen LogP contribution in [0.2, 0.25) is 0 Å². The third kappa shape index (κ3) is 4.36. The number of rotatable bonds is 8. The van der Waals surface area contributed by atoms with Crippen molar-refractivity contribution in [2.75, 3.05) is 6.54 Å². The van der Waals surface area contributed by atoms with E-state index in [1.165, 1.54) is 0 Å². The van der Waals surface area contributed by atoms with Crippen molar-refractivity contribution in [1.82, 2.24) is 15.1 Å². The Hall–Kier alpha value is -1.75. The number of furan rings is 1. The molecule has 0 unspecified atom stereocenters. The van der Waals surface area contributed by atoms with E-state index in [0.29, 0.717) is 12.6 Å². The Kier molecular flexibility index (Phi) is 5.44. The van der Waals surface area contributed by atoms with Crippen LogP contribution in [0, 0.1) is 6.92 Å². The average Bonchev–Trinajstić information content (AvgIpc) is 3.04. The lowest BCUT2D eigenvalue weighted by Gasteiger charge is -2.04. The van der Waals surface area contributed by atoms with Gasteiger partial charge < -0.3 is 14.5 Å². The predicted molar refractivity (Wildman–Crippen MR) is 82.4 cm³/mol. The summed E-state index contributed by atoms with van der Waals surface area (Å²) in [5.41, 5.74) is 1.08. The minimum absolute atomic E-state index is 0.342. The van der Waals surface area contributed by atoms with Crippen molar-refractivity contribution in [3.05, 3.63) is 35.5 Å². The zero-order valence-electron chi connectivity index (χ0n) is 13.3. The van der Waals surface area contributed by atoms with Crippen LogP contribution in [-0.4, -0.2) is 16.3 Å². The van der Waals surface area contributed by atoms with Crippen LogP contribution in [0.1, 0.15) is 50.3 Å². The third-order valence-electron chi connectivity index (χ3n) is 3.30. The third-order valence-corrected chi connectivity index (χ3v) is 3.30. The van der Waals surface area contributed by atoms with Gasteiger partial charge in [0.15, 0.2) is 5.75 Å². The van der Waals surface area contributed by atoms with E-state index in [0.717, 1.165) is 42.3 Å². The monoisotopic (exact) mass is 291 g/mol. The minimum Gasteiger partial charge on any atom is -0.485 e. The molecule has 21 heavy (non-hydrogen) atoms. The molecule has 1 N–H and O–H groups in total. The second-order valence-electron chi connectivity index (χ2n) is 5.51. The first-order chi connectivity index (χ1) is 10.1. The van der Waals surface area contributed by atoms with Crippen molar-refractivity contribution in [3.63, 3.8) is 0 Å². The lowest BCUT2D eigenvalue weighted by atomic mass is 10.2. The molecule has 0 aromatic carbocycles. The first-order valence-corrected chi connectivity index (χ1v) is 7.56. The van der Waals surface area contributed by atoms with Gasteiger partial charge in [0.1, 0.15) is 18.1 Å². The Morgan fingerprint density at radius 1 is 1.43 bits per heavy atom.